The summed E-state index contributed by atoms with van der Waals surface area (Å²) in [5.41, 5.74) is 11.0. The van der Waals surface area contributed by atoms with E-state index in [-0.39, 0.29) is 29.8 Å². The van der Waals surface area contributed by atoms with E-state index in [0.29, 0.717) is 6.61 Å². The van der Waals surface area contributed by atoms with Crippen molar-refractivity contribution < 1.29 is 14.3 Å². The van der Waals surface area contributed by atoms with Gasteiger partial charge in [-0.15, -0.1) is 0 Å². The lowest BCUT2D eigenvalue weighted by Gasteiger charge is -2.08. The number of anilines is 2. The minimum atomic E-state index is -0.643. The summed E-state index contributed by atoms with van der Waals surface area (Å²) in [5, 5.41) is 0. The molecule has 0 spiro atoms. The Morgan fingerprint density at radius 2 is 1.94 bits per heavy atom. The SMILES string of the molecule is CCOC(=O)c1nc(OCC)nc(N)c1N. The van der Waals surface area contributed by atoms with Crippen LogP contribution in [0, 0.1) is 0 Å². The summed E-state index contributed by atoms with van der Waals surface area (Å²) in [6.45, 7) is 4.04. The monoisotopic (exact) mass is 226 g/mol. The molecular weight excluding hydrogens is 212 g/mol. The van der Waals surface area contributed by atoms with Crippen LogP contribution in [0.5, 0.6) is 6.01 Å². The first-order valence-corrected chi connectivity index (χ1v) is 4.83. The van der Waals surface area contributed by atoms with Gasteiger partial charge < -0.3 is 20.9 Å². The lowest BCUT2D eigenvalue weighted by atomic mass is 10.3. The fourth-order valence-electron chi connectivity index (χ4n) is 1.01. The number of aromatic nitrogens is 2. The molecule has 0 saturated carbocycles. The fourth-order valence-corrected chi connectivity index (χ4v) is 1.01. The Kier molecular flexibility index (Phi) is 3.87. The molecule has 0 fully saturated rings. The maximum absolute atomic E-state index is 11.5. The molecule has 0 atom stereocenters. The van der Waals surface area contributed by atoms with Gasteiger partial charge in [0.25, 0.3) is 0 Å². The third-order valence-corrected chi connectivity index (χ3v) is 1.70. The maximum Gasteiger partial charge on any atom is 0.359 e. The van der Waals surface area contributed by atoms with E-state index in [9.17, 15) is 4.79 Å². The summed E-state index contributed by atoms with van der Waals surface area (Å²) < 4.78 is 9.82. The van der Waals surface area contributed by atoms with Gasteiger partial charge in [0.05, 0.1) is 13.2 Å². The summed E-state index contributed by atoms with van der Waals surface area (Å²) in [7, 11) is 0. The third kappa shape index (κ3) is 2.50. The highest BCUT2D eigenvalue weighted by atomic mass is 16.5. The van der Waals surface area contributed by atoms with Crippen molar-refractivity contribution in [1.29, 1.82) is 0 Å². The van der Waals surface area contributed by atoms with Crippen molar-refractivity contribution in [1.82, 2.24) is 9.97 Å². The van der Waals surface area contributed by atoms with Gasteiger partial charge in [-0.2, -0.15) is 9.97 Å². The van der Waals surface area contributed by atoms with E-state index in [1.54, 1.807) is 13.8 Å². The minimum Gasteiger partial charge on any atom is -0.464 e. The Balaban J connectivity index is 3.10. The van der Waals surface area contributed by atoms with Crippen molar-refractivity contribution in [2.75, 3.05) is 24.7 Å². The zero-order valence-electron chi connectivity index (χ0n) is 9.19. The molecule has 1 aromatic rings. The molecule has 1 aromatic heterocycles. The molecule has 0 bridgehead atoms. The van der Waals surface area contributed by atoms with Crippen LogP contribution in [0.15, 0.2) is 0 Å². The van der Waals surface area contributed by atoms with Crippen molar-refractivity contribution in [3.05, 3.63) is 5.69 Å². The van der Waals surface area contributed by atoms with E-state index < -0.39 is 5.97 Å². The van der Waals surface area contributed by atoms with E-state index in [4.69, 9.17) is 20.9 Å². The first-order valence-electron chi connectivity index (χ1n) is 4.83. The molecular formula is C9H14N4O3. The summed E-state index contributed by atoms with van der Waals surface area (Å²) in [5.74, 6) is -0.642. The van der Waals surface area contributed by atoms with Gasteiger partial charge in [-0.05, 0) is 13.8 Å². The molecule has 0 amide bonds. The second kappa shape index (κ2) is 5.15. The van der Waals surface area contributed by atoms with Crippen LogP contribution in [0.4, 0.5) is 11.5 Å². The van der Waals surface area contributed by atoms with Crippen LogP contribution >= 0.6 is 0 Å². The molecule has 0 saturated heterocycles. The topological polar surface area (TPSA) is 113 Å². The Hall–Kier alpha value is -2.05. The van der Waals surface area contributed by atoms with Crippen LogP contribution in [-0.2, 0) is 4.74 Å². The highest BCUT2D eigenvalue weighted by Gasteiger charge is 2.18. The number of hydrogen-bond acceptors (Lipinski definition) is 7. The molecule has 0 aliphatic heterocycles. The van der Waals surface area contributed by atoms with Gasteiger partial charge in [-0.1, -0.05) is 0 Å². The van der Waals surface area contributed by atoms with Crippen molar-refractivity contribution in [3.8, 4) is 6.01 Å². The van der Waals surface area contributed by atoms with Crippen LogP contribution in [0.2, 0.25) is 0 Å². The van der Waals surface area contributed by atoms with Crippen LogP contribution in [0.1, 0.15) is 24.3 Å². The first-order chi connectivity index (χ1) is 7.60. The van der Waals surface area contributed by atoms with Crippen molar-refractivity contribution >= 4 is 17.5 Å². The number of carbonyl (C=O) groups is 1. The average Bonchev–Trinajstić information content (AvgIpc) is 2.23. The summed E-state index contributed by atoms with van der Waals surface area (Å²) in [6.07, 6.45) is 0. The Morgan fingerprint density at radius 3 is 2.50 bits per heavy atom. The van der Waals surface area contributed by atoms with Crippen molar-refractivity contribution in [2.45, 2.75) is 13.8 Å². The smallest absolute Gasteiger partial charge is 0.359 e. The zero-order valence-corrected chi connectivity index (χ0v) is 9.19. The number of ether oxygens (including phenoxy) is 2. The normalized spacial score (nSPS) is 9.88. The molecule has 0 unspecified atom stereocenters. The predicted molar refractivity (Wildman–Crippen MR) is 58.0 cm³/mol. The summed E-state index contributed by atoms with van der Waals surface area (Å²) in [6, 6.07) is 0.0113. The molecule has 16 heavy (non-hydrogen) atoms. The number of nitrogens with zero attached hydrogens (tertiary/aromatic N) is 2. The lowest BCUT2D eigenvalue weighted by molar-refractivity contribution is 0.0519. The molecule has 7 heteroatoms. The first kappa shape index (κ1) is 12.0. The Labute approximate surface area is 92.8 Å². The molecule has 0 radical (unpaired) electrons. The lowest BCUT2D eigenvalue weighted by Crippen LogP contribution is -2.14. The van der Waals surface area contributed by atoms with E-state index in [1.807, 2.05) is 0 Å². The number of nitrogen functional groups attached to an aromatic ring is 2. The fraction of sp³-hybridized carbons (Fsp3) is 0.444. The van der Waals surface area contributed by atoms with E-state index in [2.05, 4.69) is 9.97 Å². The molecule has 0 aromatic carbocycles. The standard InChI is InChI=1S/C9H14N4O3/c1-3-15-8(14)6-5(10)7(11)13-9(12-6)16-4-2/h3-4,10H2,1-2H3,(H2,11,12,13). The zero-order chi connectivity index (χ0) is 12.1. The highest BCUT2D eigenvalue weighted by Crippen LogP contribution is 2.20. The van der Waals surface area contributed by atoms with E-state index in [1.165, 1.54) is 0 Å². The van der Waals surface area contributed by atoms with Gasteiger partial charge in [-0.3, -0.25) is 0 Å². The molecule has 7 nitrogen and oxygen atoms in total. The van der Waals surface area contributed by atoms with Gasteiger partial charge in [-0.25, -0.2) is 4.79 Å². The average molecular weight is 226 g/mol. The molecule has 0 aliphatic carbocycles. The van der Waals surface area contributed by atoms with E-state index in [0.717, 1.165) is 0 Å². The second-order valence-corrected chi connectivity index (χ2v) is 2.81. The Bertz CT molecular complexity index is 395. The highest BCUT2D eigenvalue weighted by molar-refractivity contribution is 5.95. The van der Waals surface area contributed by atoms with Gasteiger partial charge in [0.2, 0.25) is 0 Å². The molecule has 0 aliphatic rings. The third-order valence-electron chi connectivity index (χ3n) is 1.70. The van der Waals surface area contributed by atoms with Crippen LogP contribution < -0.4 is 16.2 Å². The number of rotatable bonds is 4. The van der Waals surface area contributed by atoms with Gasteiger partial charge >= 0.3 is 12.0 Å². The van der Waals surface area contributed by atoms with Gasteiger partial charge in [0.15, 0.2) is 11.5 Å². The quantitative estimate of drug-likeness (QED) is 0.705. The van der Waals surface area contributed by atoms with Crippen molar-refractivity contribution in [2.24, 2.45) is 0 Å². The molecule has 88 valence electrons. The molecule has 1 heterocycles. The predicted octanol–water partition coefficient (Wildman–Crippen LogP) is 0.216. The van der Waals surface area contributed by atoms with Gasteiger partial charge in [0.1, 0.15) is 5.69 Å². The number of carbonyl (C=O) groups excluding carboxylic acids is 1. The number of hydrogen-bond donors (Lipinski definition) is 2. The maximum atomic E-state index is 11.5. The Morgan fingerprint density at radius 1 is 1.25 bits per heavy atom. The van der Waals surface area contributed by atoms with E-state index >= 15 is 0 Å². The molecule has 4 N–H and O–H groups in total. The second-order valence-electron chi connectivity index (χ2n) is 2.81. The number of nitrogens with two attached hydrogens (primary N) is 2. The van der Waals surface area contributed by atoms with Gasteiger partial charge in [0, 0.05) is 0 Å². The van der Waals surface area contributed by atoms with Crippen LogP contribution in [0.3, 0.4) is 0 Å². The largest absolute Gasteiger partial charge is 0.464 e. The van der Waals surface area contributed by atoms with Crippen molar-refractivity contribution in [3.63, 3.8) is 0 Å². The number of esters is 1. The summed E-state index contributed by atoms with van der Waals surface area (Å²) in [4.78, 5) is 19.1. The molecule has 1 rings (SSSR count). The summed E-state index contributed by atoms with van der Waals surface area (Å²) >= 11 is 0. The van der Waals surface area contributed by atoms with Crippen LogP contribution in [0.25, 0.3) is 0 Å². The minimum absolute atomic E-state index is 0.00139. The van der Waals surface area contributed by atoms with Crippen LogP contribution in [-0.4, -0.2) is 29.2 Å².